The smallest absolute Gasteiger partial charge is 0.326 e. The third-order valence-corrected chi connectivity index (χ3v) is 7.05. The third kappa shape index (κ3) is 3.81. The number of nitrogens with one attached hydrogen (secondary N) is 2. The molecule has 0 bridgehead atoms. The van der Waals surface area contributed by atoms with Crippen LogP contribution < -0.4 is 15.9 Å². The molecule has 0 amide bonds. The summed E-state index contributed by atoms with van der Waals surface area (Å²) in [6.45, 7) is 9.39. The summed E-state index contributed by atoms with van der Waals surface area (Å²) in [6.07, 6.45) is 1.90. The first-order valence-electron chi connectivity index (χ1n) is 11.4. The summed E-state index contributed by atoms with van der Waals surface area (Å²) in [6, 6.07) is 10.6. The molecule has 4 aromatic rings. The minimum atomic E-state index is -0.146. The summed E-state index contributed by atoms with van der Waals surface area (Å²) in [4.78, 5) is 24.7. The molecule has 0 radical (unpaired) electrons. The van der Waals surface area contributed by atoms with E-state index in [1.807, 2.05) is 26.2 Å². The van der Waals surface area contributed by atoms with E-state index in [9.17, 15) is 4.79 Å². The fourth-order valence-corrected chi connectivity index (χ4v) is 5.23. The second-order valence-corrected chi connectivity index (χ2v) is 8.91. The number of anilines is 2. The number of aromatic nitrogens is 4. The van der Waals surface area contributed by atoms with Crippen molar-refractivity contribution in [3.05, 3.63) is 62.9 Å². The second kappa shape index (κ2) is 8.64. The minimum absolute atomic E-state index is 0.146. The van der Waals surface area contributed by atoms with Gasteiger partial charge in [0.05, 0.1) is 22.9 Å². The first-order chi connectivity index (χ1) is 16.0. The van der Waals surface area contributed by atoms with Crippen LogP contribution in [0.2, 0.25) is 0 Å². The Morgan fingerprint density at radius 3 is 2.67 bits per heavy atom. The SMILES string of the molecule is CCn1c(=O)[nH]c2cc(CN3CCN(c4ccc5cnc(NC)n5c4C)CC3)ccc2c1=S. The Hall–Kier alpha value is -3.17. The van der Waals surface area contributed by atoms with Gasteiger partial charge in [-0.3, -0.25) is 13.9 Å². The molecule has 0 aliphatic carbocycles. The molecule has 1 saturated heterocycles. The van der Waals surface area contributed by atoms with Crippen molar-refractivity contribution >= 4 is 40.3 Å². The Kier molecular flexibility index (Phi) is 5.67. The summed E-state index contributed by atoms with van der Waals surface area (Å²) in [5.41, 5.74) is 5.40. The highest BCUT2D eigenvalue weighted by Crippen LogP contribution is 2.26. The molecule has 5 rings (SSSR count). The average molecular weight is 464 g/mol. The number of H-pyrrole nitrogens is 1. The van der Waals surface area contributed by atoms with E-state index in [0.717, 1.165) is 55.1 Å². The number of imidazole rings is 1. The fraction of sp³-hybridized carbons (Fsp3) is 0.375. The van der Waals surface area contributed by atoms with Crippen molar-refractivity contribution in [3.63, 3.8) is 0 Å². The lowest BCUT2D eigenvalue weighted by Crippen LogP contribution is -2.46. The first kappa shape index (κ1) is 21.7. The predicted octanol–water partition coefficient (Wildman–Crippen LogP) is 3.40. The van der Waals surface area contributed by atoms with E-state index in [2.05, 4.69) is 60.7 Å². The standard InChI is InChI=1S/C24H29N7OS/c1-4-30-22(33)19-7-5-17(13-20(19)27-24(30)32)15-28-9-11-29(12-10-28)21-8-6-18-14-26-23(25-3)31(18)16(21)2/h5-8,13-14H,4,9-12,15H2,1-3H3,(H,25,26)(H,27,32). The van der Waals surface area contributed by atoms with Crippen molar-refractivity contribution in [1.29, 1.82) is 0 Å². The van der Waals surface area contributed by atoms with E-state index in [1.165, 1.54) is 16.9 Å². The van der Waals surface area contributed by atoms with Gasteiger partial charge >= 0.3 is 5.69 Å². The summed E-state index contributed by atoms with van der Waals surface area (Å²) >= 11 is 5.51. The van der Waals surface area contributed by atoms with Crippen molar-refractivity contribution in [1.82, 2.24) is 23.8 Å². The lowest BCUT2D eigenvalue weighted by molar-refractivity contribution is 0.250. The van der Waals surface area contributed by atoms with E-state index in [4.69, 9.17) is 12.2 Å². The number of pyridine rings is 1. The highest BCUT2D eigenvalue weighted by Gasteiger charge is 2.20. The van der Waals surface area contributed by atoms with E-state index >= 15 is 0 Å². The van der Waals surface area contributed by atoms with Gasteiger partial charge < -0.3 is 15.2 Å². The van der Waals surface area contributed by atoms with Gasteiger partial charge in [-0.2, -0.15) is 0 Å². The molecule has 33 heavy (non-hydrogen) atoms. The molecule has 8 nitrogen and oxygen atoms in total. The van der Waals surface area contributed by atoms with Gasteiger partial charge in [0.15, 0.2) is 0 Å². The molecular weight excluding hydrogens is 434 g/mol. The van der Waals surface area contributed by atoms with Gasteiger partial charge in [0.2, 0.25) is 5.95 Å². The van der Waals surface area contributed by atoms with Crippen molar-refractivity contribution in [3.8, 4) is 0 Å². The highest BCUT2D eigenvalue weighted by molar-refractivity contribution is 7.71. The topological polar surface area (TPSA) is 73.6 Å². The normalized spacial score (nSPS) is 14.9. The minimum Gasteiger partial charge on any atom is -0.368 e. The first-order valence-corrected chi connectivity index (χ1v) is 11.8. The molecule has 1 aliphatic rings. The largest absolute Gasteiger partial charge is 0.368 e. The molecule has 3 aromatic heterocycles. The fourth-order valence-electron chi connectivity index (χ4n) is 4.84. The number of aromatic amines is 1. The van der Waals surface area contributed by atoms with Gasteiger partial charge in [-0.1, -0.05) is 18.3 Å². The molecule has 0 spiro atoms. The van der Waals surface area contributed by atoms with Crippen LogP contribution in [0.15, 0.2) is 41.3 Å². The van der Waals surface area contributed by atoms with E-state index < -0.39 is 0 Å². The number of hydrogen-bond donors (Lipinski definition) is 2. The molecule has 172 valence electrons. The molecule has 0 atom stereocenters. The van der Waals surface area contributed by atoms with Crippen molar-refractivity contribution < 1.29 is 0 Å². The molecule has 1 aliphatic heterocycles. The Labute approximate surface area is 197 Å². The molecule has 9 heteroatoms. The van der Waals surface area contributed by atoms with Crippen LogP contribution in [0.1, 0.15) is 18.2 Å². The lowest BCUT2D eigenvalue weighted by atomic mass is 10.1. The molecule has 0 unspecified atom stereocenters. The molecule has 2 N–H and O–H groups in total. The zero-order chi connectivity index (χ0) is 23.1. The van der Waals surface area contributed by atoms with Gasteiger partial charge in [-0.25, -0.2) is 9.78 Å². The zero-order valence-electron chi connectivity index (χ0n) is 19.3. The summed E-state index contributed by atoms with van der Waals surface area (Å²) in [7, 11) is 1.90. The number of piperazine rings is 1. The van der Waals surface area contributed by atoms with Gasteiger partial charge in [-0.05, 0) is 43.7 Å². The predicted molar refractivity (Wildman–Crippen MR) is 136 cm³/mol. The van der Waals surface area contributed by atoms with Crippen molar-refractivity contribution in [2.45, 2.75) is 26.9 Å². The highest BCUT2D eigenvalue weighted by atomic mass is 32.1. The van der Waals surface area contributed by atoms with Gasteiger partial charge in [0.25, 0.3) is 0 Å². The summed E-state index contributed by atoms with van der Waals surface area (Å²) < 4.78 is 4.37. The van der Waals surface area contributed by atoms with E-state index in [-0.39, 0.29) is 5.69 Å². The number of hydrogen-bond acceptors (Lipinski definition) is 6. The Morgan fingerprint density at radius 1 is 1.15 bits per heavy atom. The van der Waals surface area contributed by atoms with Crippen LogP contribution in [-0.4, -0.2) is 57.1 Å². The molecule has 1 fully saturated rings. The monoisotopic (exact) mass is 463 g/mol. The Morgan fingerprint density at radius 2 is 1.94 bits per heavy atom. The third-order valence-electron chi connectivity index (χ3n) is 6.61. The zero-order valence-corrected chi connectivity index (χ0v) is 20.1. The maximum Gasteiger partial charge on any atom is 0.326 e. The van der Waals surface area contributed by atoms with E-state index in [1.54, 1.807) is 4.57 Å². The average Bonchev–Trinajstić information content (AvgIpc) is 3.24. The summed E-state index contributed by atoms with van der Waals surface area (Å²) in [5, 5.41) is 4.10. The Balaban J connectivity index is 1.31. The van der Waals surface area contributed by atoms with Crippen LogP contribution in [-0.2, 0) is 13.1 Å². The Bertz CT molecular complexity index is 1440. The number of rotatable bonds is 5. The number of fused-ring (bicyclic) bond motifs is 2. The number of nitrogens with zero attached hydrogens (tertiary/aromatic N) is 5. The van der Waals surface area contributed by atoms with Gasteiger partial charge in [-0.15, -0.1) is 0 Å². The van der Waals surface area contributed by atoms with Crippen LogP contribution >= 0.6 is 12.2 Å². The van der Waals surface area contributed by atoms with Crippen LogP contribution in [0, 0.1) is 11.6 Å². The second-order valence-electron chi connectivity index (χ2n) is 8.52. The van der Waals surface area contributed by atoms with Crippen LogP contribution in [0.4, 0.5) is 11.6 Å². The van der Waals surface area contributed by atoms with Crippen LogP contribution in [0.25, 0.3) is 16.4 Å². The number of aryl methyl sites for hydroxylation is 1. The molecule has 4 heterocycles. The van der Waals surface area contributed by atoms with Crippen LogP contribution in [0.3, 0.4) is 0 Å². The molecule has 0 saturated carbocycles. The van der Waals surface area contributed by atoms with Crippen LogP contribution in [0.5, 0.6) is 0 Å². The molecular formula is C24H29N7OS. The van der Waals surface area contributed by atoms with E-state index in [0.29, 0.717) is 11.2 Å². The van der Waals surface area contributed by atoms with Crippen molar-refractivity contribution in [2.75, 3.05) is 43.4 Å². The van der Waals surface area contributed by atoms with Gasteiger partial charge in [0, 0.05) is 57.4 Å². The van der Waals surface area contributed by atoms with Crippen molar-refractivity contribution in [2.24, 2.45) is 0 Å². The quantitative estimate of drug-likeness (QED) is 0.442. The van der Waals surface area contributed by atoms with Gasteiger partial charge in [0.1, 0.15) is 4.64 Å². The molecule has 1 aromatic carbocycles. The lowest BCUT2D eigenvalue weighted by Gasteiger charge is -2.37. The maximum atomic E-state index is 12.3. The summed E-state index contributed by atoms with van der Waals surface area (Å²) in [5.74, 6) is 0.865. The maximum absolute atomic E-state index is 12.3. The number of benzene rings is 1.